The topological polar surface area (TPSA) is 46.6 Å². The van der Waals surface area contributed by atoms with E-state index in [2.05, 4.69) is 0 Å². The van der Waals surface area contributed by atoms with Crippen molar-refractivity contribution >= 4 is 29.0 Å². The molecule has 1 aliphatic heterocycles. The molecule has 1 aromatic carbocycles. The highest BCUT2D eigenvalue weighted by Gasteiger charge is 2.37. The third-order valence-electron chi connectivity index (χ3n) is 2.88. The molecule has 96 valence electrons. The highest BCUT2D eigenvalue weighted by Crippen LogP contribution is 2.25. The van der Waals surface area contributed by atoms with Crippen molar-refractivity contribution in [3.63, 3.8) is 0 Å². The molecule has 0 amide bonds. The lowest BCUT2D eigenvalue weighted by atomic mass is 10.1. The molecule has 0 saturated carbocycles. The molecule has 5 heteroatoms. The van der Waals surface area contributed by atoms with Crippen molar-refractivity contribution < 1.29 is 14.3 Å². The first kappa shape index (κ1) is 12.9. The number of rotatable bonds is 3. The molecule has 1 fully saturated rings. The normalized spacial score (nSPS) is 19.1. The molecule has 0 radical (unpaired) electrons. The van der Waals surface area contributed by atoms with Crippen molar-refractivity contribution in [2.45, 2.75) is 6.92 Å². The Bertz CT molecular complexity index is 475. The zero-order chi connectivity index (χ0) is 13.1. The maximum Gasteiger partial charge on any atom is 0.318 e. The van der Waals surface area contributed by atoms with Crippen molar-refractivity contribution in [3.05, 3.63) is 29.3 Å². The van der Waals surface area contributed by atoms with Crippen molar-refractivity contribution in [2.75, 3.05) is 24.6 Å². The minimum Gasteiger partial charge on any atom is -0.465 e. The molecule has 1 aliphatic rings. The first-order chi connectivity index (χ1) is 8.61. The number of ether oxygens (including phenoxy) is 1. The summed E-state index contributed by atoms with van der Waals surface area (Å²) < 4.78 is 4.89. The second kappa shape index (κ2) is 5.40. The number of esters is 1. The van der Waals surface area contributed by atoms with Crippen LogP contribution in [0.2, 0.25) is 5.02 Å². The van der Waals surface area contributed by atoms with Gasteiger partial charge in [-0.3, -0.25) is 9.59 Å². The number of carbonyl (C=O) groups excluding carboxylic acids is 2. The first-order valence-corrected chi connectivity index (χ1v) is 6.19. The summed E-state index contributed by atoms with van der Waals surface area (Å²) in [7, 11) is 0. The molecule has 1 aromatic rings. The third-order valence-corrected chi connectivity index (χ3v) is 3.12. The van der Waals surface area contributed by atoms with Gasteiger partial charge in [0.2, 0.25) is 0 Å². The van der Waals surface area contributed by atoms with Gasteiger partial charge in [-0.05, 0) is 25.1 Å². The van der Waals surface area contributed by atoms with Gasteiger partial charge in [0.05, 0.1) is 13.2 Å². The van der Waals surface area contributed by atoms with Gasteiger partial charge in [0, 0.05) is 17.3 Å². The minimum atomic E-state index is -0.677. The van der Waals surface area contributed by atoms with Gasteiger partial charge in [-0.15, -0.1) is 0 Å². The fraction of sp³-hybridized carbons (Fsp3) is 0.385. The number of hydrogen-bond acceptors (Lipinski definition) is 4. The molecule has 0 bridgehead atoms. The van der Waals surface area contributed by atoms with E-state index < -0.39 is 11.9 Å². The molecule has 1 unspecified atom stereocenters. The van der Waals surface area contributed by atoms with Gasteiger partial charge < -0.3 is 9.64 Å². The summed E-state index contributed by atoms with van der Waals surface area (Å²) >= 11 is 5.91. The van der Waals surface area contributed by atoms with Gasteiger partial charge in [-0.2, -0.15) is 0 Å². The number of Topliss-reactive ketones (excluding diaryl/α,β-unsaturated/α-hetero) is 1. The summed E-state index contributed by atoms with van der Waals surface area (Å²) in [5.41, 5.74) is 0.850. The predicted octanol–water partition coefficient (Wildman–Crippen LogP) is 1.91. The van der Waals surface area contributed by atoms with Gasteiger partial charge in [0.1, 0.15) is 5.92 Å². The van der Waals surface area contributed by atoms with Crippen LogP contribution in [0.4, 0.5) is 5.69 Å². The Morgan fingerprint density at radius 3 is 3.00 bits per heavy atom. The van der Waals surface area contributed by atoms with Crippen LogP contribution in [0.5, 0.6) is 0 Å². The molecule has 18 heavy (non-hydrogen) atoms. The van der Waals surface area contributed by atoms with Crippen molar-refractivity contribution in [1.82, 2.24) is 0 Å². The highest BCUT2D eigenvalue weighted by molar-refractivity contribution is 6.30. The van der Waals surface area contributed by atoms with Crippen LogP contribution in [0.1, 0.15) is 6.92 Å². The number of benzene rings is 1. The monoisotopic (exact) mass is 267 g/mol. The van der Waals surface area contributed by atoms with E-state index in [9.17, 15) is 9.59 Å². The summed E-state index contributed by atoms with van der Waals surface area (Å²) in [6.45, 7) is 2.60. The number of halogens is 1. The first-order valence-electron chi connectivity index (χ1n) is 5.81. The van der Waals surface area contributed by atoms with Crippen molar-refractivity contribution in [1.29, 1.82) is 0 Å². The van der Waals surface area contributed by atoms with E-state index in [0.717, 1.165) is 5.69 Å². The lowest BCUT2D eigenvalue weighted by molar-refractivity contribution is -0.149. The van der Waals surface area contributed by atoms with E-state index >= 15 is 0 Å². The summed E-state index contributed by atoms with van der Waals surface area (Å²) in [5.74, 6) is -1.22. The average Bonchev–Trinajstić information content (AvgIpc) is 2.72. The summed E-state index contributed by atoms with van der Waals surface area (Å²) in [6.07, 6.45) is 0. The van der Waals surface area contributed by atoms with E-state index in [1.165, 1.54) is 0 Å². The largest absolute Gasteiger partial charge is 0.465 e. The Morgan fingerprint density at radius 1 is 1.56 bits per heavy atom. The van der Waals surface area contributed by atoms with Gasteiger partial charge in [0.15, 0.2) is 5.78 Å². The molecule has 0 aliphatic carbocycles. The van der Waals surface area contributed by atoms with E-state index in [0.29, 0.717) is 18.2 Å². The predicted molar refractivity (Wildman–Crippen MR) is 68.8 cm³/mol. The molecule has 1 heterocycles. The zero-order valence-corrected chi connectivity index (χ0v) is 10.8. The number of nitrogens with zero attached hydrogens (tertiary/aromatic N) is 1. The van der Waals surface area contributed by atoms with Gasteiger partial charge in [-0.1, -0.05) is 17.7 Å². The van der Waals surface area contributed by atoms with Gasteiger partial charge in [-0.25, -0.2) is 0 Å². The molecule has 1 saturated heterocycles. The quantitative estimate of drug-likeness (QED) is 0.620. The van der Waals surface area contributed by atoms with Gasteiger partial charge in [0.25, 0.3) is 0 Å². The van der Waals surface area contributed by atoms with Crippen molar-refractivity contribution in [3.8, 4) is 0 Å². The lowest BCUT2D eigenvalue weighted by Gasteiger charge is -2.17. The van der Waals surface area contributed by atoms with Crippen LogP contribution in [0.15, 0.2) is 24.3 Å². The average molecular weight is 268 g/mol. The Balaban J connectivity index is 2.11. The SMILES string of the molecule is CCOC(=O)C1CN(c2cccc(Cl)c2)CC1=O. The van der Waals surface area contributed by atoms with Crippen molar-refractivity contribution in [2.24, 2.45) is 5.92 Å². The lowest BCUT2D eigenvalue weighted by Crippen LogP contribution is -2.25. The summed E-state index contributed by atoms with van der Waals surface area (Å²) in [4.78, 5) is 25.2. The molecule has 0 N–H and O–H groups in total. The fourth-order valence-corrected chi connectivity index (χ4v) is 2.19. The molecule has 1 atom stereocenters. The molecular weight excluding hydrogens is 254 g/mol. The van der Waals surface area contributed by atoms with Crippen LogP contribution < -0.4 is 4.90 Å². The molecule has 2 rings (SSSR count). The van der Waals surface area contributed by atoms with Crippen LogP contribution in [0.25, 0.3) is 0 Å². The Morgan fingerprint density at radius 2 is 2.33 bits per heavy atom. The standard InChI is InChI=1S/C13H14ClNO3/c1-2-18-13(17)11-7-15(8-12(11)16)10-5-3-4-9(14)6-10/h3-6,11H,2,7-8H2,1H3. The second-order valence-corrected chi connectivity index (χ2v) is 4.57. The molecule has 4 nitrogen and oxygen atoms in total. The summed E-state index contributed by atoms with van der Waals surface area (Å²) in [5, 5.41) is 0.611. The van der Waals surface area contributed by atoms with Crippen LogP contribution in [-0.4, -0.2) is 31.4 Å². The fourth-order valence-electron chi connectivity index (χ4n) is 2.00. The van der Waals surface area contributed by atoms with Crippen LogP contribution in [0, 0.1) is 5.92 Å². The molecule has 0 aromatic heterocycles. The van der Waals surface area contributed by atoms with Gasteiger partial charge >= 0.3 is 5.97 Å². The second-order valence-electron chi connectivity index (χ2n) is 4.13. The summed E-state index contributed by atoms with van der Waals surface area (Å²) in [6, 6.07) is 7.24. The maximum absolute atomic E-state index is 11.8. The Labute approximate surface area is 110 Å². The van der Waals surface area contributed by atoms with E-state index in [4.69, 9.17) is 16.3 Å². The third kappa shape index (κ3) is 2.64. The number of anilines is 1. The molecule has 0 spiro atoms. The van der Waals surface area contributed by atoms with Crippen LogP contribution >= 0.6 is 11.6 Å². The Kier molecular flexibility index (Phi) is 3.87. The van der Waals surface area contributed by atoms with Crippen LogP contribution in [-0.2, 0) is 14.3 Å². The zero-order valence-electron chi connectivity index (χ0n) is 10.1. The smallest absolute Gasteiger partial charge is 0.318 e. The molecular formula is C13H14ClNO3. The number of carbonyl (C=O) groups is 2. The highest BCUT2D eigenvalue weighted by atomic mass is 35.5. The number of hydrogen-bond donors (Lipinski definition) is 0. The van der Waals surface area contributed by atoms with E-state index in [-0.39, 0.29) is 12.3 Å². The number of ketones is 1. The Hall–Kier alpha value is -1.55. The van der Waals surface area contributed by atoms with E-state index in [1.54, 1.807) is 19.1 Å². The van der Waals surface area contributed by atoms with Crippen LogP contribution in [0.3, 0.4) is 0 Å². The van der Waals surface area contributed by atoms with E-state index in [1.807, 2.05) is 17.0 Å². The maximum atomic E-state index is 11.8. The minimum absolute atomic E-state index is 0.103.